The van der Waals surface area contributed by atoms with Gasteiger partial charge < -0.3 is 14.4 Å². The average molecular weight is 325 g/mol. The van der Waals surface area contributed by atoms with Gasteiger partial charge in [-0.2, -0.15) is 0 Å². The van der Waals surface area contributed by atoms with Gasteiger partial charge in [0.25, 0.3) is 0 Å². The summed E-state index contributed by atoms with van der Waals surface area (Å²) < 4.78 is 5.58. The van der Waals surface area contributed by atoms with Gasteiger partial charge in [0.2, 0.25) is 0 Å². The monoisotopic (exact) mass is 325 g/mol. The SMILES string of the molecule is O=C(O)C1CCCN(CCC=C(c2ccccc2)c2ccco2)C1. The maximum atomic E-state index is 11.2. The normalized spacial score (nSPS) is 19.3. The Balaban J connectivity index is 1.67. The predicted octanol–water partition coefficient (Wildman–Crippen LogP) is 3.90. The summed E-state index contributed by atoms with van der Waals surface area (Å²) in [5.41, 5.74) is 2.22. The zero-order chi connectivity index (χ0) is 16.8. The average Bonchev–Trinajstić information content (AvgIpc) is 3.14. The number of likely N-dealkylation sites (tertiary alicyclic amines) is 1. The van der Waals surface area contributed by atoms with Gasteiger partial charge in [0.1, 0.15) is 5.76 Å². The summed E-state index contributed by atoms with van der Waals surface area (Å²) in [4.78, 5) is 13.4. The summed E-state index contributed by atoms with van der Waals surface area (Å²) in [7, 11) is 0. The second-order valence-electron chi connectivity index (χ2n) is 6.23. The lowest BCUT2D eigenvalue weighted by Crippen LogP contribution is -2.39. The van der Waals surface area contributed by atoms with Crippen molar-refractivity contribution in [2.75, 3.05) is 19.6 Å². The quantitative estimate of drug-likeness (QED) is 0.875. The summed E-state index contributed by atoms with van der Waals surface area (Å²) in [6.07, 6.45) is 6.51. The number of piperidine rings is 1. The summed E-state index contributed by atoms with van der Waals surface area (Å²) >= 11 is 0. The molecule has 1 atom stereocenters. The third-order valence-electron chi connectivity index (χ3n) is 4.52. The molecule has 1 saturated heterocycles. The van der Waals surface area contributed by atoms with E-state index in [4.69, 9.17) is 4.42 Å². The van der Waals surface area contributed by atoms with Crippen LogP contribution in [-0.4, -0.2) is 35.6 Å². The second kappa shape index (κ2) is 7.97. The van der Waals surface area contributed by atoms with Crippen molar-refractivity contribution in [1.82, 2.24) is 4.90 Å². The molecule has 1 aliphatic rings. The molecular weight excluding hydrogens is 302 g/mol. The molecule has 0 bridgehead atoms. The third-order valence-corrected chi connectivity index (χ3v) is 4.52. The van der Waals surface area contributed by atoms with Gasteiger partial charge in [-0.05, 0) is 43.5 Å². The van der Waals surface area contributed by atoms with Gasteiger partial charge >= 0.3 is 5.97 Å². The van der Waals surface area contributed by atoms with Gasteiger partial charge in [-0.15, -0.1) is 0 Å². The minimum absolute atomic E-state index is 0.221. The number of hydrogen-bond donors (Lipinski definition) is 1. The molecule has 126 valence electrons. The number of rotatable bonds is 6. The number of hydrogen-bond acceptors (Lipinski definition) is 3. The van der Waals surface area contributed by atoms with Crippen LogP contribution < -0.4 is 0 Å². The van der Waals surface area contributed by atoms with Crippen molar-refractivity contribution in [2.24, 2.45) is 5.92 Å². The van der Waals surface area contributed by atoms with Gasteiger partial charge in [0, 0.05) is 18.7 Å². The Bertz CT molecular complexity index is 676. The number of aliphatic carboxylic acids is 1. The zero-order valence-electron chi connectivity index (χ0n) is 13.7. The maximum Gasteiger partial charge on any atom is 0.307 e. The molecule has 2 heterocycles. The smallest absolute Gasteiger partial charge is 0.307 e. The van der Waals surface area contributed by atoms with Crippen molar-refractivity contribution in [3.05, 3.63) is 66.1 Å². The van der Waals surface area contributed by atoms with E-state index >= 15 is 0 Å². The van der Waals surface area contributed by atoms with Crippen LogP contribution in [0.25, 0.3) is 5.57 Å². The summed E-state index contributed by atoms with van der Waals surface area (Å²) in [5, 5.41) is 9.19. The number of carbonyl (C=O) groups is 1. The van der Waals surface area contributed by atoms with E-state index in [9.17, 15) is 9.90 Å². The molecule has 2 aromatic rings. The predicted molar refractivity (Wildman–Crippen MR) is 93.6 cm³/mol. The molecule has 0 amide bonds. The van der Waals surface area contributed by atoms with E-state index in [1.54, 1.807) is 6.26 Å². The Morgan fingerprint density at radius 3 is 2.79 bits per heavy atom. The Hall–Kier alpha value is -2.33. The van der Waals surface area contributed by atoms with Gasteiger partial charge in [-0.1, -0.05) is 36.4 Å². The molecular formula is C20H23NO3. The Morgan fingerprint density at radius 2 is 2.08 bits per heavy atom. The van der Waals surface area contributed by atoms with E-state index in [2.05, 4.69) is 23.1 Å². The first-order valence-electron chi connectivity index (χ1n) is 8.48. The number of furan rings is 1. The molecule has 1 aliphatic heterocycles. The van der Waals surface area contributed by atoms with Crippen molar-refractivity contribution in [3.63, 3.8) is 0 Å². The number of carboxylic acid groups (broad SMARTS) is 1. The van der Waals surface area contributed by atoms with Crippen molar-refractivity contribution in [1.29, 1.82) is 0 Å². The van der Waals surface area contributed by atoms with E-state index in [0.717, 1.165) is 49.2 Å². The standard InChI is InChI=1S/C20H23NO3/c22-20(23)17-9-4-12-21(15-17)13-5-10-18(19-11-6-14-24-19)16-7-2-1-3-8-16/h1-3,6-8,10-11,14,17H,4-5,9,12-13,15H2,(H,22,23). The lowest BCUT2D eigenvalue weighted by Gasteiger charge is -2.30. The zero-order valence-corrected chi connectivity index (χ0v) is 13.7. The molecule has 1 aromatic heterocycles. The fourth-order valence-corrected chi connectivity index (χ4v) is 3.26. The van der Waals surface area contributed by atoms with E-state index < -0.39 is 5.97 Å². The van der Waals surface area contributed by atoms with E-state index in [1.165, 1.54) is 0 Å². The minimum atomic E-state index is -0.671. The number of nitrogens with zero attached hydrogens (tertiary/aromatic N) is 1. The van der Waals surface area contributed by atoms with Crippen molar-refractivity contribution < 1.29 is 14.3 Å². The van der Waals surface area contributed by atoms with E-state index in [1.807, 2.05) is 30.3 Å². The molecule has 4 heteroatoms. The Kier molecular flexibility index (Phi) is 5.49. The molecule has 0 radical (unpaired) electrons. The fraction of sp³-hybridized carbons (Fsp3) is 0.350. The molecule has 1 N–H and O–H groups in total. The van der Waals surface area contributed by atoms with E-state index in [-0.39, 0.29) is 5.92 Å². The maximum absolute atomic E-state index is 11.2. The van der Waals surface area contributed by atoms with E-state index in [0.29, 0.717) is 6.54 Å². The molecule has 4 nitrogen and oxygen atoms in total. The number of carboxylic acids is 1. The highest BCUT2D eigenvalue weighted by Gasteiger charge is 2.24. The van der Waals surface area contributed by atoms with Gasteiger partial charge in [0.15, 0.2) is 0 Å². The molecule has 1 fully saturated rings. The molecule has 3 rings (SSSR count). The van der Waals surface area contributed by atoms with Crippen molar-refractivity contribution >= 4 is 11.5 Å². The van der Waals surface area contributed by atoms with Crippen LogP contribution >= 0.6 is 0 Å². The van der Waals surface area contributed by atoms with Crippen LogP contribution in [0.2, 0.25) is 0 Å². The molecule has 24 heavy (non-hydrogen) atoms. The van der Waals surface area contributed by atoms with Crippen LogP contribution in [0, 0.1) is 5.92 Å². The highest BCUT2D eigenvalue weighted by molar-refractivity contribution is 5.77. The Labute approximate surface area is 142 Å². The van der Waals surface area contributed by atoms with Crippen LogP contribution in [0.15, 0.2) is 59.2 Å². The first kappa shape index (κ1) is 16.5. The van der Waals surface area contributed by atoms with Gasteiger partial charge in [-0.25, -0.2) is 0 Å². The molecule has 0 spiro atoms. The van der Waals surface area contributed by atoms with Crippen molar-refractivity contribution in [2.45, 2.75) is 19.3 Å². The Morgan fingerprint density at radius 1 is 1.25 bits per heavy atom. The van der Waals surface area contributed by atoms with Crippen LogP contribution in [-0.2, 0) is 4.79 Å². The fourth-order valence-electron chi connectivity index (χ4n) is 3.26. The first-order valence-corrected chi connectivity index (χ1v) is 8.48. The van der Waals surface area contributed by atoms with Gasteiger partial charge in [0.05, 0.1) is 12.2 Å². The van der Waals surface area contributed by atoms with Crippen LogP contribution in [0.1, 0.15) is 30.6 Å². The molecule has 0 aliphatic carbocycles. The lowest BCUT2D eigenvalue weighted by molar-refractivity contribution is -0.143. The second-order valence-corrected chi connectivity index (χ2v) is 6.23. The van der Waals surface area contributed by atoms with Crippen molar-refractivity contribution in [3.8, 4) is 0 Å². The third kappa shape index (κ3) is 4.15. The summed E-state index contributed by atoms with van der Waals surface area (Å²) in [6, 6.07) is 14.1. The molecule has 1 aromatic carbocycles. The topological polar surface area (TPSA) is 53.7 Å². The lowest BCUT2D eigenvalue weighted by atomic mass is 9.98. The van der Waals surface area contributed by atoms with Crippen LogP contribution in [0.5, 0.6) is 0 Å². The van der Waals surface area contributed by atoms with Crippen LogP contribution in [0.3, 0.4) is 0 Å². The van der Waals surface area contributed by atoms with Crippen LogP contribution in [0.4, 0.5) is 0 Å². The first-order chi connectivity index (χ1) is 11.7. The molecule has 0 saturated carbocycles. The minimum Gasteiger partial charge on any atom is -0.481 e. The number of benzene rings is 1. The summed E-state index contributed by atoms with van der Waals surface area (Å²) in [5.74, 6) is -0.0274. The molecule has 1 unspecified atom stereocenters. The van der Waals surface area contributed by atoms with Gasteiger partial charge in [-0.3, -0.25) is 4.79 Å². The highest BCUT2D eigenvalue weighted by Crippen LogP contribution is 2.24. The summed E-state index contributed by atoms with van der Waals surface area (Å²) in [6.45, 7) is 2.52. The largest absolute Gasteiger partial charge is 0.481 e. The highest BCUT2D eigenvalue weighted by atomic mass is 16.4.